The van der Waals surface area contributed by atoms with Crippen molar-refractivity contribution in [3.63, 3.8) is 0 Å². The highest BCUT2D eigenvalue weighted by molar-refractivity contribution is 6.16. The number of carbonyl (C=O) groups is 1. The number of carbonyl (C=O) groups excluding carboxylic acids is 1. The molecule has 0 aliphatic carbocycles. The lowest BCUT2D eigenvalue weighted by Crippen LogP contribution is -1.99. The van der Waals surface area contributed by atoms with Crippen molar-refractivity contribution in [2.24, 2.45) is 0 Å². The Morgan fingerprint density at radius 1 is 1.36 bits per heavy atom. The van der Waals surface area contributed by atoms with Gasteiger partial charge in [-0.15, -0.1) is 0 Å². The molecule has 0 aliphatic rings. The smallest absolute Gasteiger partial charge is 0.343 e. The van der Waals surface area contributed by atoms with Crippen molar-refractivity contribution >= 4 is 28.9 Å². The molecular formula is C9H5ClN2O2. The highest BCUT2D eigenvalue weighted by Crippen LogP contribution is 2.10. The van der Waals surface area contributed by atoms with Gasteiger partial charge in [-0.3, -0.25) is 9.97 Å². The third kappa shape index (κ3) is 1.52. The van der Waals surface area contributed by atoms with Gasteiger partial charge >= 0.3 is 5.97 Å². The van der Waals surface area contributed by atoms with Crippen LogP contribution in [-0.4, -0.2) is 15.9 Å². The number of hydrogen-bond acceptors (Lipinski definition) is 4. The van der Waals surface area contributed by atoms with Crippen molar-refractivity contribution in [3.05, 3.63) is 36.2 Å². The normalized spacial score (nSPS) is 10.1. The van der Waals surface area contributed by atoms with Gasteiger partial charge in [-0.2, -0.15) is 0 Å². The van der Waals surface area contributed by atoms with E-state index in [9.17, 15) is 4.79 Å². The first-order chi connectivity index (χ1) is 6.81. The van der Waals surface area contributed by atoms with E-state index in [1.807, 2.05) is 0 Å². The molecule has 0 amide bonds. The number of pyridine rings is 2. The summed E-state index contributed by atoms with van der Waals surface area (Å²) in [5, 5.41) is 0. The Hall–Kier alpha value is -1.68. The average molecular weight is 209 g/mol. The van der Waals surface area contributed by atoms with Crippen molar-refractivity contribution in [2.45, 2.75) is 0 Å². The Morgan fingerprint density at radius 2 is 2.21 bits per heavy atom. The van der Waals surface area contributed by atoms with Crippen LogP contribution in [0.15, 0.2) is 30.6 Å². The molecule has 0 saturated carbocycles. The summed E-state index contributed by atoms with van der Waals surface area (Å²) in [6.07, 6.45) is 3.02. The largest absolute Gasteiger partial charge is 0.357 e. The molecule has 0 aromatic carbocycles. The van der Waals surface area contributed by atoms with Crippen LogP contribution >= 0.6 is 11.9 Å². The summed E-state index contributed by atoms with van der Waals surface area (Å²) in [6, 6.07) is 5.15. The molecular weight excluding hydrogens is 204 g/mol. The summed E-state index contributed by atoms with van der Waals surface area (Å²) in [6.45, 7) is 0. The maximum Gasteiger partial charge on any atom is 0.357 e. The standard InChI is InChI=1S/C9H5ClN2O2/c10-14-9(13)6-4-8-7(12-5-6)2-1-3-11-8/h1-5H. The summed E-state index contributed by atoms with van der Waals surface area (Å²) in [5.74, 6) is -0.633. The summed E-state index contributed by atoms with van der Waals surface area (Å²) in [7, 11) is 0. The van der Waals surface area contributed by atoms with Crippen LogP contribution in [0, 0.1) is 0 Å². The van der Waals surface area contributed by atoms with Gasteiger partial charge in [0.05, 0.1) is 16.6 Å². The molecule has 2 heterocycles. The fourth-order valence-electron chi connectivity index (χ4n) is 1.11. The van der Waals surface area contributed by atoms with E-state index >= 15 is 0 Å². The van der Waals surface area contributed by atoms with Crippen LogP contribution in [0.3, 0.4) is 0 Å². The highest BCUT2D eigenvalue weighted by atomic mass is 35.5. The monoisotopic (exact) mass is 208 g/mol. The van der Waals surface area contributed by atoms with Crippen molar-refractivity contribution in [1.29, 1.82) is 0 Å². The minimum Gasteiger partial charge on any atom is -0.343 e. The molecule has 14 heavy (non-hydrogen) atoms. The molecule has 2 rings (SSSR count). The molecule has 70 valence electrons. The molecule has 0 aliphatic heterocycles. The van der Waals surface area contributed by atoms with Gasteiger partial charge in [0.15, 0.2) is 0 Å². The SMILES string of the molecule is O=C(OCl)c1cnc2cccnc2c1. The second-order valence-electron chi connectivity index (χ2n) is 2.63. The molecule has 0 N–H and O–H groups in total. The summed E-state index contributed by atoms with van der Waals surface area (Å²) < 4.78 is 4.05. The predicted octanol–water partition coefficient (Wildman–Crippen LogP) is 1.94. The quantitative estimate of drug-likeness (QED) is 0.719. The summed E-state index contributed by atoms with van der Waals surface area (Å²) in [5.41, 5.74) is 1.64. The second-order valence-corrected chi connectivity index (χ2v) is 2.78. The zero-order chi connectivity index (χ0) is 9.97. The topological polar surface area (TPSA) is 52.1 Å². The van der Waals surface area contributed by atoms with Gasteiger partial charge in [0.1, 0.15) is 11.9 Å². The Balaban J connectivity index is 2.56. The van der Waals surface area contributed by atoms with E-state index in [2.05, 4.69) is 14.3 Å². The fourth-order valence-corrected chi connectivity index (χ4v) is 1.20. The molecule has 0 fully saturated rings. The molecule has 0 atom stereocenters. The van der Waals surface area contributed by atoms with Gasteiger partial charge in [0.2, 0.25) is 0 Å². The molecule has 2 aromatic rings. The van der Waals surface area contributed by atoms with Crippen LogP contribution in [0.5, 0.6) is 0 Å². The molecule has 2 aromatic heterocycles. The van der Waals surface area contributed by atoms with E-state index < -0.39 is 5.97 Å². The Morgan fingerprint density at radius 3 is 3.00 bits per heavy atom. The number of fused-ring (bicyclic) bond motifs is 1. The van der Waals surface area contributed by atoms with Crippen LogP contribution in [0.25, 0.3) is 11.0 Å². The lowest BCUT2D eigenvalue weighted by Gasteiger charge is -1.98. The van der Waals surface area contributed by atoms with Crippen molar-refractivity contribution in [1.82, 2.24) is 9.97 Å². The summed E-state index contributed by atoms with van der Waals surface area (Å²) >= 11 is 4.94. The fraction of sp³-hybridized carbons (Fsp3) is 0. The Labute approximate surface area is 84.7 Å². The van der Waals surface area contributed by atoms with E-state index in [4.69, 9.17) is 11.9 Å². The maximum atomic E-state index is 11.0. The van der Waals surface area contributed by atoms with E-state index in [-0.39, 0.29) is 5.56 Å². The Kier molecular flexibility index (Phi) is 2.28. The van der Waals surface area contributed by atoms with Crippen molar-refractivity contribution in [3.8, 4) is 0 Å². The molecule has 0 bridgehead atoms. The number of nitrogens with zero attached hydrogens (tertiary/aromatic N) is 2. The third-order valence-electron chi connectivity index (χ3n) is 1.76. The van der Waals surface area contributed by atoms with Crippen molar-refractivity contribution in [2.75, 3.05) is 0 Å². The summed E-state index contributed by atoms with van der Waals surface area (Å²) in [4.78, 5) is 19.1. The highest BCUT2D eigenvalue weighted by Gasteiger charge is 2.07. The van der Waals surface area contributed by atoms with E-state index in [0.29, 0.717) is 5.52 Å². The zero-order valence-corrected chi connectivity index (χ0v) is 7.73. The molecule has 0 spiro atoms. The van der Waals surface area contributed by atoms with E-state index in [0.717, 1.165) is 5.52 Å². The Bertz CT molecular complexity index is 487. The third-order valence-corrected chi connectivity index (χ3v) is 1.90. The zero-order valence-electron chi connectivity index (χ0n) is 6.98. The van der Waals surface area contributed by atoms with Crippen LogP contribution in [-0.2, 0) is 4.29 Å². The lowest BCUT2D eigenvalue weighted by molar-refractivity contribution is 0.0751. The van der Waals surface area contributed by atoms with Gasteiger partial charge < -0.3 is 4.29 Å². The van der Waals surface area contributed by atoms with Crippen LogP contribution in [0.2, 0.25) is 0 Å². The first-order valence-corrected chi connectivity index (χ1v) is 4.16. The first-order valence-electron chi connectivity index (χ1n) is 3.85. The van der Waals surface area contributed by atoms with Gasteiger partial charge in [0.25, 0.3) is 0 Å². The van der Waals surface area contributed by atoms with Gasteiger partial charge in [-0.25, -0.2) is 4.79 Å². The lowest BCUT2D eigenvalue weighted by atomic mass is 10.2. The molecule has 5 heteroatoms. The second kappa shape index (κ2) is 3.59. The average Bonchev–Trinajstić information content (AvgIpc) is 2.27. The van der Waals surface area contributed by atoms with Gasteiger partial charge in [-0.05, 0) is 18.2 Å². The minimum atomic E-state index is -0.633. The van der Waals surface area contributed by atoms with Crippen LogP contribution < -0.4 is 0 Å². The van der Waals surface area contributed by atoms with E-state index in [1.165, 1.54) is 6.20 Å². The van der Waals surface area contributed by atoms with Crippen LogP contribution in [0.1, 0.15) is 10.4 Å². The number of halogens is 1. The van der Waals surface area contributed by atoms with Gasteiger partial charge in [-0.1, -0.05) is 0 Å². The van der Waals surface area contributed by atoms with Crippen LogP contribution in [0.4, 0.5) is 0 Å². The molecule has 0 radical (unpaired) electrons. The molecule has 0 saturated heterocycles. The van der Waals surface area contributed by atoms with Crippen molar-refractivity contribution < 1.29 is 9.08 Å². The molecule has 0 unspecified atom stereocenters. The van der Waals surface area contributed by atoms with E-state index in [1.54, 1.807) is 24.4 Å². The minimum absolute atomic E-state index is 0.284. The molecule has 4 nitrogen and oxygen atoms in total. The predicted molar refractivity (Wildman–Crippen MR) is 50.8 cm³/mol. The number of rotatable bonds is 1. The first kappa shape index (κ1) is 8.90. The maximum absolute atomic E-state index is 11.0. The van der Waals surface area contributed by atoms with Gasteiger partial charge in [0, 0.05) is 12.4 Å². The number of hydrogen-bond donors (Lipinski definition) is 0. The number of aromatic nitrogens is 2.